The number of nitro groups is 1. The maximum atomic E-state index is 12.6. The van der Waals surface area contributed by atoms with Crippen LogP contribution in [0.5, 0.6) is 0 Å². The van der Waals surface area contributed by atoms with Crippen molar-refractivity contribution in [3.63, 3.8) is 0 Å². The molecule has 1 unspecified atom stereocenters. The zero-order valence-electron chi connectivity index (χ0n) is 15.3. The van der Waals surface area contributed by atoms with E-state index in [0.717, 1.165) is 5.56 Å². The number of benzene rings is 2. The number of anilines is 1. The fourth-order valence-electron chi connectivity index (χ4n) is 2.85. The topological polar surface area (TPSA) is 114 Å². The molecule has 0 saturated carbocycles. The predicted molar refractivity (Wildman–Crippen MR) is 103 cm³/mol. The molecule has 8 nitrogen and oxygen atoms in total. The van der Waals surface area contributed by atoms with Crippen LogP contribution in [0.25, 0.3) is 0 Å². The molecule has 2 aromatic carbocycles. The number of hydrogen-bond acceptors (Lipinski definition) is 6. The molecule has 1 atom stereocenters. The van der Waals surface area contributed by atoms with E-state index in [4.69, 9.17) is 5.26 Å². The van der Waals surface area contributed by atoms with Crippen molar-refractivity contribution in [3.05, 3.63) is 87.5 Å². The Balaban J connectivity index is 1.91. The summed E-state index contributed by atoms with van der Waals surface area (Å²) in [6.45, 7) is 1.84. The summed E-state index contributed by atoms with van der Waals surface area (Å²) in [5, 5.41) is 23.7. The van der Waals surface area contributed by atoms with Gasteiger partial charge in [0.25, 0.3) is 5.69 Å². The van der Waals surface area contributed by atoms with Gasteiger partial charge in [0.15, 0.2) is 5.82 Å². The summed E-state index contributed by atoms with van der Waals surface area (Å²) < 4.78 is 1.56. The Kier molecular flexibility index (Phi) is 5.18. The minimum atomic E-state index is -0.532. The van der Waals surface area contributed by atoms with E-state index in [9.17, 15) is 14.9 Å². The van der Waals surface area contributed by atoms with Crippen molar-refractivity contribution in [2.45, 2.75) is 13.0 Å². The van der Waals surface area contributed by atoms with Gasteiger partial charge in [-0.1, -0.05) is 12.1 Å². The summed E-state index contributed by atoms with van der Waals surface area (Å²) in [7, 11) is 1.68. The molecule has 0 aliphatic carbocycles. The predicted octanol–water partition coefficient (Wildman–Crippen LogP) is 3.60. The van der Waals surface area contributed by atoms with Gasteiger partial charge in [-0.25, -0.2) is 4.98 Å². The lowest BCUT2D eigenvalue weighted by Gasteiger charge is -2.16. The van der Waals surface area contributed by atoms with Crippen LogP contribution in [0, 0.1) is 21.4 Å². The Morgan fingerprint density at radius 2 is 2.11 bits per heavy atom. The Labute approximate surface area is 161 Å². The van der Waals surface area contributed by atoms with E-state index in [2.05, 4.69) is 16.4 Å². The third-order valence-corrected chi connectivity index (χ3v) is 4.37. The number of imidazole rings is 1. The highest BCUT2D eigenvalue weighted by Gasteiger charge is 2.21. The first-order valence-corrected chi connectivity index (χ1v) is 8.47. The number of aromatic nitrogens is 2. The van der Waals surface area contributed by atoms with Crippen molar-refractivity contribution in [3.8, 4) is 6.07 Å². The van der Waals surface area contributed by atoms with Crippen LogP contribution in [-0.2, 0) is 7.05 Å². The van der Waals surface area contributed by atoms with E-state index < -0.39 is 10.7 Å². The number of aryl methyl sites for hydroxylation is 1. The van der Waals surface area contributed by atoms with Crippen molar-refractivity contribution in [1.29, 1.82) is 5.26 Å². The van der Waals surface area contributed by atoms with E-state index in [-0.39, 0.29) is 28.8 Å². The summed E-state index contributed by atoms with van der Waals surface area (Å²) >= 11 is 0. The van der Waals surface area contributed by atoms with Crippen LogP contribution in [0.15, 0.2) is 54.9 Å². The van der Waals surface area contributed by atoms with E-state index in [1.807, 2.05) is 13.0 Å². The highest BCUT2D eigenvalue weighted by Crippen LogP contribution is 2.30. The first-order valence-electron chi connectivity index (χ1n) is 8.47. The zero-order chi connectivity index (χ0) is 20.3. The Morgan fingerprint density at radius 3 is 2.75 bits per heavy atom. The van der Waals surface area contributed by atoms with Crippen molar-refractivity contribution >= 4 is 17.2 Å². The van der Waals surface area contributed by atoms with Gasteiger partial charge in [-0.3, -0.25) is 14.9 Å². The number of hydrogen-bond donors (Lipinski definition) is 1. The molecule has 1 heterocycles. The zero-order valence-corrected chi connectivity index (χ0v) is 15.3. The second kappa shape index (κ2) is 7.72. The minimum absolute atomic E-state index is 0.186. The molecule has 3 rings (SSSR count). The van der Waals surface area contributed by atoms with E-state index >= 15 is 0 Å². The Hall–Kier alpha value is -3.99. The normalized spacial score (nSPS) is 11.5. The first kappa shape index (κ1) is 18.8. The smallest absolute Gasteiger partial charge is 0.293 e. The van der Waals surface area contributed by atoms with Crippen molar-refractivity contribution in [2.75, 3.05) is 5.32 Å². The first-order chi connectivity index (χ1) is 13.4. The maximum absolute atomic E-state index is 12.6. The van der Waals surface area contributed by atoms with Gasteiger partial charge in [-0.05, 0) is 36.8 Å². The lowest BCUT2D eigenvalue weighted by atomic mass is 10.0. The number of nitriles is 1. The number of nitrogens with zero attached hydrogens (tertiary/aromatic N) is 4. The van der Waals surface area contributed by atoms with E-state index in [0.29, 0.717) is 5.56 Å². The fraction of sp³-hybridized carbons (Fsp3) is 0.150. The summed E-state index contributed by atoms with van der Waals surface area (Å²) in [5.74, 6) is -0.186. The van der Waals surface area contributed by atoms with Crippen LogP contribution in [0.1, 0.15) is 40.3 Å². The maximum Gasteiger partial charge on any atom is 0.293 e. The molecule has 140 valence electrons. The number of carbonyl (C=O) groups is 1. The molecule has 0 spiro atoms. The van der Waals surface area contributed by atoms with Crippen LogP contribution in [0.3, 0.4) is 0 Å². The molecule has 0 aliphatic rings. The van der Waals surface area contributed by atoms with E-state index in [1.165, 1.54) is 24.4 Å². The van der Waals surface area contributed by atoms with Gasteiger partial charge < -0.3 is 9.88 Å². The molecule has 0 radical (unpaired) electrons. The van der Waals surface area contributed by atoms with Gasteiger partial charge in [-0.15, -0.1) is 0 Å². The molecule has 0 bridgehead atoms. The quantitative estimate of drug-likeness (QED) is 0.400. The highest BCUT2D eigenvalue weighted by molar-refractivity contribution is 6.07. The molecule has 0 saturated heterocycles. The van der Waals surface area contributed by atoms with Crippen LogP contribution >= 0.6 is 0 Å². The van der Waals surface area contributed by atoms with Crippen LogP contribution in [0.2, 0.25) is 0 Å². The number of nitrogens with one attached hydrogen (secondary N) is 1. The van der Waals surface area contributed by atoms with E-state index in [1.54, 1.807) is 36.0 Å². The summed E-state index contributed by atoms with van der Waals surface area (Å²) in [6, 6.07) is 13.1. The molecule has 28 heavy (non-hydrogen) atoms. The average Bonchev–Trinajstić information content (AvgIpc) is 3.13. The van der Waals surface area contributed by atoms with Gasteiger partial charge in [0.1, 0.15) is 5.69 Å². The lowest BCUT2D eigenvalue weighted by Crippen LogP contribution is -2.11. The summed E-state index contributed by atoms with van der Waals surface area (Å²) in [6.07, 6.45) is 3.13. The second-order valence-corrected chi connectivity index (χ2v) is 6.28. The molecule has 3 aromatic rings. The Bertz CT molecular complexity index is 1100. The number of rotatable bonds is 6. The van der Waals surface area contributed by atoms with Gasteiger partial charge >= 0.3 is 0 Å². The minimum Gasteiger partial charge on any atom is -0.373 e. The molecular formula is C20H17N5O3. The van der Waals surface area contributed by atoms with Crippen LogP contribution in [-0.4, -0.2) is 20.3 Å². The molecule has 1 aromatic heterocycles. The molecule has 8 heteroatoms. The molecule has 0 amide bonds. The molecule has 0 aliphatic heterocycles. The van der Waals surface area contributed by atoms with Crippen LogP contribution in [0.4, 0.5) is 11.4 Å². The van der Waals surface area contributed by atoms with Crippen molar-refractivity contribution in [1.82, 2.24) is 9.55 Å². The number of ketones is 1. The number of nitro benzene ring substituents is 1. The largest absolute Gasteiger partial charge is 0.373 e. The van der Waals surface area contributed by atoms with Gasteiger partial charge in [0, 0.05) is 37.1 Å². The monoisotopic (exact) mass is 375 g/mol. The number of carbonyl (C=O) groups excluding carboxylic acids is 1. The third-order valence-electron chi connectivity index (χ3n) is 4.37. The lowest BCUT2D eigenvalue weighted by molar-refractivity contribution is -0.384. The fourth-order valence-corrected chi connectivity index (χ4v) is 2.85. The molecule has 1 N–H and O–H groups in total. The second-order valence-electron chi connectivity index (χ2n) is 6.28. The summed E-state index contributed by atoms with van der Waals surface area (Å²) in [4.78, 5) is 27.6. The summed E-state index contributed by atoms with van der Waals surface area (Å²) in [5.41, 5.74) is 1.60. The standard InChI is InChI=1S/C20H17N5O3/c1-13(15-5-3-4-14(10-15)12-21)23-17-7-6-16(11-18(17)25(27)28)19(26)20-22-8-9-24(20)2/h3-11,13,23H,1-2H3. The van der Waals surface area contributed by atoms with Crippen molar-refractivity contribution in [2.24, 2.45) is 7.05 Å². The van der Waals surface area contributed by atoms with Crippen molar-refractivity contribution < 1.29 is 9.72 Å². The van der Waals surface area contributed by atoms with Gasteiger partial charge in [-0.2, -0.15) is 5.26 Å². The van der Waals surface area contributed by atoms with Gasteiger partial charge in [0.05, 0.1) is 16.6 Å². The Morgan fingerprint density at radius 1 is 1.32 bits per heavy atom. The molecule has 0 fully saturated rings. The van der Waals surface area contributed by atoms with Crippen LogP contribution < -0.4 is 5.32 Å². The molecular weight excluding hydrogens is 358 g/mol. The highest BCUT2D eigenvalue weighted by atomic mass is 16.6. The third kappa shape index (κ3) is 3.73. The SMILES string of the molecule is CC(Nc1ccc(C(=O)c2nccn2C)cc1[N+](=O)[O-])c1cccc(C#N)c1. The average molecular weight is 375 g/mol. The van der Waals surface area contributed by atoms with Gasteiger partial charge in [0.2, 0.25) is 5.78 Å².